The van der Waals surface area contributed by atoms with Crippen LogP contribution in [0.15, 0.2) is 48.5 Å². The molecule has 31 heavy (non-hydrogen) atoms. The van der Waals surface area contributed by atoms with E-state index in [9.17, 15) is 19.2 Å². The van der Waals surface area contributed by atoms with Crippen molar-refractivity contribution in [3.8, 4) is 0 Å². The highest BCUT2D eigenvalue weighted by atomic mass is 16.2. The maximum Gasteiger partial charge on any atom is 0.261 e. The summed E-state index contributed by atoms with van der Waals surface area (Å²) < 4.78 is 0. The summed E-state index contributed by atoms with van der Waals surface area (Å²) in [5, 5.41) is 5.72. The summed E-state index contributed by atoms with van der Waals surface area (Å²) in [6, 6.07) is 14.1. The van der Waals surface area contributed by atoms with Gasteiger partial charge in [-0.15, -0.1) is 0 Å². The van der Waals surface area contributed by atoms with E-state index in [1.807, 2.05) is 37.3 Å². The lowest BCUT2D eigenvalue weighted by molar-refractivity contribution is -0.129. The predicted octanol–water partition coefficient (Wildman–Crippen LogP) is 1.99. The van der Waals surface area contributed by atoms with Gasteiger partial charge in [0.05, 0.1) is 11.1 Å². The quantitative estimate of drug-likeness (QED) is 0.640. The number of aryl methyl sites for hydroxylation is 1. The smallest absolute Gasteiger partial charge is 0.261 e. The molecule has 2 N–H and O–H groups in total. The maximum atomic E-state index is 12.6. The van der Waals surface area contributed by atoms with Gasteiger partial charge in [0.2, 0.25) is 11.8 Å². The fraction of sp³-hybridized carbons (Fsp3) is 0.333. The first-order valence-corrected chi connectivity index (χ1v) is 10.5. The van der Waals surface area contributed by atoms with Crippen molar-refractivity contribution in [2.24, 2.45) is 0 Å². The van der Waals surface area contributed by atoms with Crippen LogP contribution in [0.5, 0.6) is 0 Å². The lowest BCUT2D eigenvalue weighted by Gasteiger charge is -2.20. The van der Waals surface area contributed by atoms with Crippen LogP contribution in [-0.2, 0) is 16.0 Å². The van der Waals surface area contributed by atoms with E-state index >= 15 is 0 Å². The minimum atomic E-state index is -0.708. The van der Waals surface area contributed by atoms with E-state index in [4.69, 9.17) is 0 Å². The topological polar surface area (TPSA) is 95.6 Å². The highest BCUT2D eigenvalue weighted by Gasteiger charge is 2.35. The standard InChI is InChI=1S/C24H25N3O4/c1-15-7-10-18-19(13-15)24(31)27(23(18)30)12-11-21(28)26-20(22(29)25-17-8-9-17)14-16-5-3-2-4-6-16/h2-7,10,13,17,20H,8-9,11-12,14H2,1H3,(H,25,29)(H,26,28). The fourth-order valence-corrected chi connectivity index (χ4v) is 3.68. The van der Waals surface area contributed by atoms with Crippen LogP contribution in [0.4, 0.5) is 0 Å². The number of carbonyl (C=O) groups excluding carboxylic acids is 4. The first kappa shape index (κ1) is 20.8. The van der Waals surface area contributed by atoms with Crippen molar-refractivity contribution in [1.82, 2.24) is 15.5 Å². The summed E-state index contributed by atoms with van der Waals surface area (Å²) >= 11 is 0. The number of hydrogen-bond acceptors (Lipinski definition) is 4. The molecule has 4 rings (SSSR count). The second-order valence-corrected chi connectivity index (χ2v) is 8.15. The molecule has 1 heterocycles. The monoisotopic (exact) mass is 419 g/mol. The number of fused-ring (bicyclic) bond motifs is 1. The third-order valence-electron chi connectivity index (χ3n) is 5.55. The third kappa shape index (κ3) is 4.82. The van der Waals surface area contributed by atoms with Crippen LogP contribution < -0.4 is 10.6 Å². The molecular formula is C24H25N3O4. The number of nitrogens with zero attached hydrogens (tertiary/aromatic N) is 1. The zero-order valence-electron chi connectivity index (χ0n) is 17.4. The largest absolute Gasteiger partial charge is 0.352 e. The first-order valence-electron chi connectivity index (χ1n) is 10.5. The van der Waals surface area contributed by atoms with Gasteiger partial charge in [-0.25, -0.2) is 0 Å². The number of amides is 4. The highest BCUT2D eigenvalue weighted by molar-refractivity contribution is 6.21. The fourth-order valence-electron chi connectivity index (χ4n) is 3.68. The Hall–Kier alpha value is -3.48. The Morgan fingerprint density at radius 1 is 1.03 bits per heavy atom. The van der Waals surface area contributed by atoms with E-state index in [0.717, 1.165) is 28.9 Å². The molecule has 2 aromatic rings. The van der Waals surface area contributed by atoms with Crippen LogP contribution in [0.2, 0.25) is 0 Å². The predicted molar refractivity (Wildman–Crippen MR) is 114 cm³/mol. The summed E-state index contributed by atoms with van der Waals surface area (Å²) in [5.41, 5.74) is 2.57. The van der Waals surface area contributed by atoms with Crippen LogP contribution in [0, 0.1) is 6.92 Å². The van der Waals surface area contributed by atoms with E-state index in [2.05, 4.69) is 10.6 Å². The van der Waals surface area contributed by atoms with Crippen molar-refractivity contribution in [2.75, 3.05) is 6.54 Å². The Morgan fingerprint density at radius 2 is 1.74 bits per heavy atom. The molecule has 2 aliphatic rings. The SMILES string of the molecule is Cc1ccc2c(c1)C(=O)N(CCC(=O)NC(Cc1ccccc1)C(=O)NC1CC1)C2=O. The van der Waals surface area contributed by atoms with Crippen LogP contribution in [0.3, 0.4) is 0 Å². The maximum absolute atomic E-state index is 12.6. The minimum absolute atomic E-state index is 0.0282. The summed E-state index contributed by atoms with van der Waals surface area (Å²) in [4.78, 5) is 51.5. The summed E-state index contributed by atoms with van der Waals surface area (Å²) in [7, 11) is 0. The van der Waals surface area contributed by atoms with E-state index in [1.54, 1.807) is 18.2 Å². The van der Waals surface area contributed by atoms with Gasteiger partial charge < -0.3 is 10.6 Å². The molecule has 0 radical (unpaired) electrons. The van der Waals surface area contributed by atoms with Gasteiger partial charge in [-0.2, -0.15) is 0 Å². The van der Waals surface area contributed by atoms with Crippen molar-refractivity contribution in [3.63, 3.8) is 0 Å². The average molecular weight is 419 g/mol. The molecule has 7 heteroatoms. The summed E-state index contributed by atoms with van der Waals surface area (Å²) in [6.45, 7) is 1.83. The number of hydrogen-bond donors (Lipinski definition) is 2. The van der Waals surface area contributed by atoms with Crippen LogP contribution in [-0.4, -0.2) is 47.2 Å². The molecule has 1 fully saturated rings. The Balaban J connectivity index is 1.38. The lowest BCUT2D eigenvalue weighted by atomic mass is 10.0. The van der Waals surface area contributed by atoms with E-state index < -0.39 is 6.04 Å². The highest BCUT2D eigenvalue weighted by Crippen LogP contribution is 2.24. The van der Waals surface area contributed by atoms with Crippen molar-refractivity contribution in [3.05, 3.63) is 70.8 Å². The van der Waals surface area contributed by atoms with Crippen LogP contribution >= 0.6 is 0 Å². The molecule has 1 saturated carbocycles. The van der Waals surface area contributed by atoms with Gasteiger partial charge in [0.15, 0.2) is 0 Å². The zero-order chi connectivity index (χ0) is 22.0. The van der Waals surface area contributed by atoms with Crippen molar-refractivity contribution in [2.45, 2.75) is 44.7 Å². The Morgan fingerprint density at radius 3 is 2.45 bits per heavy atom. The molecule has 1 unspecified atom stereocenters. The van der Waals surface area contributed by atoms with Crippen LogP contribution in [0.25, 0.3) is 0 Å². The van der Waals surface area contributed by atoms with Gasteiger partial charge in [0.25, 0.3) is 11.8 Å². The minimum Gasteiger partial charge on any atom is -0.352 e. The molecule has 0 saturated heterocycles. The van der Waals surface area contributed by atoms with Gasteiger partial charge in [0.1, 0.15) is 6.04 Å². The van der Waals surface area contributed by atoms with E-state index in [0.29, 0.717) is 17.5 Å². The number of carbonyl (C=O) groups is 4. The summed E-state index contributed by atoms with van der Waals surface area (Å²) in [6.07, 6.45) is 2.22. The average Bonchev–Trinajstić information content (AvgIpc) is 3.53. The zero-order valence-corrected chi connectivity index (χ0v) is 17.4. The Bertz CT molecular complexity index is 1030. The Labute approximate surface area is 180 Å². The van der Waals surface area contributed by atoms with Gasteiger partial charge >= 0.3 is 0 Å². The molecular weight excluding hydrogens is 394 g/mol. The third-order valence-corrected chi connectivity index (χ3v) is 5.55. The van der Waals surface area contributed by atoms with Crippen molar-refractivity contribution < 1.29 is 19.2 Å². The molecule has 0 spiro atoms. The molecule has 0 bridgehead atoms. The number of rotatable bonds is 8. The van der Waals surface area contributed by atoms with E-state index in [-0.39, 0.29) is 42.6 Å². The molecule has 4 amide bonds. The normalized spacial score (nSPS) is 16.1. The first-order chi connectivity index (χ1) is 14.9. The molecule has 1 aliphatic carbocycles. The van der Waals surface area contributed by atoms with Crippen molar-refractivity contribution >= 4 is 23.6 Å². The van der Waals surface area contributed by atoms with Gasteiger partial charge in [-0.3, -0.25) is 24.1 Å². The van der Waals surface area contributed by atoms with Gasteiger partial charge in [0, 0.05) is 25.4 Å². The van der Waals surface area contributed by atoms with Gasteiger partial charge in [-0.05, 0) is 37.5 Å². The van der Waals surface area contributed by atoms with Crippen LogP contribution in [0.1, 0.15) is 51.1 Å². The molecule has 1 aliphatic heterocycles. The number of imide groups is 1. The Kier molecular flexibility index (Phi) is 5.84. The van der Waals surface area contributed by atoms with Gasteiger partial charge in [-0.1, -0.05) is 42.0 Å². The van der Waals surface area contributed by atoms with Crippen molar-refractivity contribution in [1.29, 1.82) is 0 Å². The molecule has 7 nitrogen and oxygen atoms in total. The molecule has 1 atom stereocenters. The molecule has 160 valence electrons. The number of nitrogens with one attached hydrogen (secondary N) is 2. The van der Waals surface area contributed by atoms with E-state index in [1.165, 1.54) is 0 Å². The number of benzene rings is 2. The summed E-state index contributed by atoms with van der Waals surface area (Å²) in [5.74, 6) is -1.36. The molecule has 2 aromatic carbocycles. The second kappa shape index (κ2) is 8.71. The molecule has 0 aromatic heterocycles. The second-order valence-electron chi connectivity index (χ2n) is 8.15. The lowest BCUT2D eigenvalue weighted by Crippen LogP contribution is -2.49.